The second kappa shape index (κ2) is 4.86. The van der Waals surface area contributed by atoms with Crippen LogP contribution in [0.4, 0.5) is 0 Å². The molecular formula is C16H15NO4. The molecule has 0 radical (unpaired) electrons. The second-order valence-corrected chi connectivity index (χ2v) is 5.02. The number of nitrogens with zero attached hydrogens (tertiary/aromatic N) is 1. The van der Waals surface area contributed by atoms with Crippen LogP contribution < -0.4 is 4.74 Å². The van der Waals surface area contributed by atoms with E-state index in [9.17, 15) is 9.90 Å². The number of fused-ring (bicyclic) bond motifs is 3. The van der Waals surface area contributed by atoms with Crippen LogP contribution in [0.3, 0.4) is 0 Å². The van der Waals surface area contributed by atoms with E-state index in [2.05, 4.69) is 4.98 Å². The van der Waals surface area contributed by atoms with Crippen LogP contribution in [0.1, 0.15) is 33.5 Å². The van der Waals surface area contributed by atoms with Gasteiger partial charge >= 0.3 is 5.97 Å². The smallest absolute Gasteiger partial charge is 0.339 e. The number of aryl methyl sites for hydroxylation is 2. The van der Waals surface area contributed by atoms with E-state index in [0.29, 0.717) is 28.3 Å². The van der Waals surface area contributed by atoms with Crippen molar-refractivity contribution in [3.05, 3.63) is 46.6 Å². The van der Waals surface area contributed by atoms with Gasteiger partial charge in [-0.3, -0.25) is 4.98 Å². The fraction of sp³-hybridized carbons (Fsp3) is 0.250. The van der Waals surface area contributed by atoms with Crippen LogP contribution in [0.25, 0.3) is 11.3 Å². The first-order valence-electron chi connectivity index (χ1n) is 6.57. The summed E-state index contributed by atoms with van der Waals surface area (Å²) >= 11 is 0. The van der Waals surface area contributed by atoms with Gasteiger partial charge in [-0.1, -0.05) is 11.6 Å². The number of hydrogen-bond donors (Lipinski definition) is 1. The number of ether oxygens (including phenoxy) is 2. The highest BCUT2D eigenvalue weighted by Gasteiger charge is 2.28. The van der Waals surface area contributed by atoms with Crippen LogP contribution in [0.15, 0.2) is 24.3 Å². The van der Waals surface area contributed by atoms with Gasteiger partial charge in [-0.15, -0.1) is 0 Å². The number of hydrogen-bond acceptors (Lipinski definition) is 5. The molecule has 0 fully saturated rings. The fourth-order valence-corrected chi connectivity index (χ4v) is 2.46. The summed E-state index contributed by atoms with van der Waals surface area (Å²) in [5, 5.41) is 10.1. The van der Waals surface area contributed by atoms with Gasteiger partial charge in [-0.2, -0.15) is 0 Å². The Kier molecular flexibility index (Phi) is 3.14. The lowest BCUT2D eigenvalue weighted by atomic mass is 9.97. The Hall–Kier alpha value is -2.40. The SMILES string of the molecule is COC(=O)c1cc2c(nc1C)-c1cc(C)ccc1O[C@@H]2O. The first-order valence-corrected chi connectivity index (χ1v) is 6.57. The van der Waals surface area contributed by atoms with Gasteiger partial charge in [0.05, 0.1) is 24.1 Å². The molecule has 0 spiro atoms. The Morgan fingerprint density at radius 1 is 1.33 bits per heavy atom. The number of rotatable bonds is 1. The Morgan fingerprint density at radius 3 is 2.81 bits per heavy atom. The van der Waals surface area contributed by atoms with Crippen molar-refractivity contribution < 1.29 is 19.4 Å². The van der Waals surface area contributed by atoms with Gasteiger partial charge < -0.3 is 14.6 Å². The Bertz CT molecular complexity index is 739. The van der Waals surface area contributed by atoms with Gasteiger partial charge in [-0.25, -0.2) is 4.79 Å². The lowest BCUT2D eigenvalue weighted by Gasteiger charge is -2.25. The predicted molar refractivity (Wildman–Crippen MR) is 76.1 cm³/mol. The Balaban J connectivity index is 2.24. The number of carbonyl (C=O) groups excluding carboxylic acids is 1. The highest BCUT2D eigenvalue weighted by Crippen LogP contribution is 2.41. The van der Waals surface area contributed by atoms with E-state index in [4.69, 9.17) is 9.47 Å². The van der Waals surface area contributed by atoms with E-state index in [1.807, 2.05) is 25.1 Å². The fourth-order valence-electron chi connectivity index (χ4n) is 2.46. The molecule has 1 aliphatic heterocycles. The number of benzene rings is 1. The normalized spacial score (nSPS) is 15.7. The third-order valence-electron chi connectivity index (χ3n) is 3.54. The highest BCUT2D eigenvalue weighted by molar-refractivity contribution is 5.91. The van der Waals surface area contributed by atoms with E-state index in [0.717, 1.165) is 11.1 Å². The summed E-state index contributed by atoms with van der Waals surface area (Å²) in [5.74, 6) is 0.100. The number of pyridine rings is 1. The van der Waals surface area contributed by atoms with E-state index >= 15 is 0 Å². The summed E-state index contributed by atoms with van der Waals surface area (Å²) in [6, 6.07) is 7.25. The molecule has 1 atom stereocenters. The molecule has 1 aliphatic rings. The molecule has 0 amide bonds. The molecule has 0 unspecified atom stereocenters. The van der Waals surface area contributed by atoms with Crippen molar-refractivity contribution in [3.63, 3.8) is 0 Å². The first-order chi connectivity index (χ1) is 10.0. The molecule has 0 saturated heterocycles. The molecule has 2 aromatic rings. The largest absolute Gasteiger partial charge is 0.465 e. The third-order valence-corrected chi connectivity index (χ3v) is 3.54. The van der Waals surface area contributed by atoms with E-state index in [1.165, 1.54) is 7.11 Å². The van der Waals surface area contributed by atoms with Crippen LogP contribution in [0, 0.1) is 13.8 Å². The molecule has 21 heavy (non-hydrogen) atoms. The molecule has 5 heteroatoms. The molecule has 3 rings (SSSR count). The van der Waals surface area contributed by atoms with Gasteiger partial charge in [0, 0.05) is 11.1 Å². The molecule has 5 nitrogen and oxygen atoms in total. The van der Waals surface area contributed by atoms with Crippen LogP contribution in [0.5, 0.6) is 5.75 Å². The van der Waals surface area contributed by atoms with Gasteiger partial charge in [0.1, 0.15) is 5.75 Å². The topological polar surface area (TPSA) is 68.7 Å². The second-order valence-electron chi connectivity index (χ2n) is 5.02. The van der Waals surface area contributed by atoms with Crippen LogP contribution >= 0.6 is 0 Å². The summed E-state index contributed by atoms with van der Waals surface area (Å²) in [5.41, 5.74) is 3.87. The molecule has 1 aromatic carbocycles. The maximum atomic E-state index is 11.7. The molecule has 0 bridgehead atoms. The van der Waals surface area contributed by atoms with Crippen LogP contribution in [-0.2, 0) is 4.74 Å². The van der Waals surface area contributed by atoms with Crippen molar-refractivity contribution in [1.82, 2.24) is 4.98 Å². The zero-order chi connectivity index (χ0) is 15.1. The average molecular weight is 285 g/mol. The number of aliphatic hydroxyl groups excluding tert-OH is 1. The van der Waals surface area contributed by atoms with Crippen molar-refractivity contribution >= 4 is 5.97 Å². The zero-order valence-corrected chi connectivity index (χ0v) is 12.0. The van der Waals surface area contributed by atoms with Gasteiger partial charge in [-0.05, 0) is 32.0 Å². The zero-order valence-electron chi connectivity index (χ0n) is 12.0. The summed E-state index contributed by atoms with van der Waals surface area (Å²) in [6.07, 6.45) is -1.15. The van der Waals surface area contributed by atoms with E-state index in [-0.39, 0.29) is 0 Å². The monoisotopic (exact) mass is 285 g/mol. The molecule has 0 saturated carbocycles. The maximum absolute atomic E-state index is 11.7. The molecule has 0 aliphatic carbocycles. The van der Waals surface area contributed by atoms with Crippen molar-refractivity contribution in [2.45, 2.75) is 20.1 Å². The van der Waals surface area contributed by atoms with Gasteiger partial charge in [0.15, 0.2) is 0 Å². The van der Waals surface area contributed by atoms with Crippen molar-refractivity contribution in [3.8, 4) is 17.0 Å². The summed E-state index contributed by atoms with van der Waals surface area (Å²) < 4.78 is 10.2. The molecule has 1 N–H and O–H groups in total. The van der Waals surface area contributed by atoms with Crippen molar-refractivity contribution in [2.24, 2.45) is 0 Å². The first kappa shape index (κ1) is 13.6. The summed E-state index contributed by atoms with van der Waals surface area (Å²) in [7, 11) is 1.31. The number of esters is 1. The predicted octanol–water partition coefficient (Wildman–Crippen LogP) is 2.54. The van der Waals surface area contributed by atoms with E-state index in [1.54, 1.807) is 13.0 Å². The van der Waals surface area contributed by atoms with Crippen LogP contribution in [0.2, 0.25) is 0 Å². The number of aliphatic hydroxyl groups is 1. The van der Waals surface area contributed by atoms with Crippen LogP contribution in [-0.4, -0.2) is 23.2 Å². The third kappa shape index (κ3) is 2.15. The van der Waals surface area contributed by atoms with E-state index < -0.39 is 12.3 Å². The minimum absolute atomic E-state index is 0.329. The van der Waals surface area contributed by atoms with Crippen molar-refractivity contribution in [2.75, 3.05) is 7.11 Å². The van der Waals surface area contributed by atoms with Gasteiger partial charge in [0.2, 0.25) is 6.29 Å². The molecular weight excluding hydrogens is 270 g/mol. The number of aromatic nitrogens is 1. The lowest BCUT2D eigenvalue weighted by molar-refractivity contribution is -0.0217. The maximum Gasteiger partial charge on any atom is 0.339 e. The average Bonchev–Trinajstić information content (AvgIpc) is 2.47. The Labute approximate surface area is 122 Å². The number of carbonyl (C=O) groups is 1. The minimum Gasteiger partial charge on any atom is -0.465 e. The standard InChI is InChI=1S/C16H15NO4/c1-8-4-5-13-11(6-8)14-12(16(19)21-13)7-10(9(2)17-14)15(18)20-3/h4-7,16,19H,1-3H3/t16-/m0/s1. The highest BCUT2D eigenvalue weighted by atomic mass is 16.6. The summed E-state index contributed by atoms with van der Waals surface area (Å²) in [4.78, 5) is 16.2. The number of methoxy groups -OCH3 is 1. The lowest BCUT2D eigenvalue weighted by Crippen LogP contribution is -2.17. The quantitative estimate of drug-likeness (QED) is 0.815. The summed E-state index contributed by atoms with van der Waals surface area (Å²) in [6.45, 7) is 3.71. The molecule has 108 valence electrons. The molecule has 1 aromatic heterocycles. The molecule has 2 heterocycles. The van der Waals surface area contributed by atoms with Crippen molar-refractivity contribution in [1.29, 1.82) is 0 Å². The minimum atomic E-state index is -1.15. The Morgan fingerprint density at radius 2 is 2.10 bits per heavy atom. The van der Waals surface area contributed by atoms with Gasteiger partial charge in [0.25, 0.3) is 0 Å².